The van der Waals surface area contributed by atoms with E-state index in [2.05, 4.69) is 9.97 Å². The van der Waals surface area contributed by atoms with E-state index in [-0.39, 0.29) is 0 Å². The van der Waals surface area contributed by atoms with E-state index in [0.717, 1.165) is 12.1 Å². The summed E-state index contributed by atoms with van der Waals surface area (Å²) in [5.74, 6) is 0.569. The minimum absolute atomic E-state index is 0.566. The highest BCUT2D eigenvalue weighted by Gasteiger charge is 2.30. The van der Waals surface area contributed by atoms with Crippen molar-refractivity contribution in [1.29, 1.82) is 0 Å². The molecular formula is C13H12F3N3. The maximum atomic E-state index is 12.4. The van der Waals surface area contributed by atoms with Crippen molar-refractivity contribution in [1.82, 2.24) is 9.97 Å². The lowest BCUT2D eigenvalue weighted by atomic mass is 10.0. The molecule has 1 heterocycles. The van der Waals surface area contributed by atoms with Crippen molar-refractivity contribution in [2.24, 2.45) is 5.73 Å². The number of alkyl halides is 3. The van der Waals surface area contributed by atoms with Gasteiger partial charge in [-0.1, -0.05) is 12.1 Å². The molecule has 0 spiro atoms. The Labute approximate surface area is 108 Å². The number of rotatable bonds is 2. The fourth-order valence-electron chi connectivity index (χ4n) is 1.70. The number of nitrogens with two attached hydrogens (primary N) is 1. The Morgan fingerprint density at radius 3 is 2.26 bits per heavy atom. The lowest BCUT2D eigenvalue weighted by molar-refractivity contribution is -0.137. The average molecular weight is 267 g/mol. The lowest BCUT2D eigenvalue weighted by Crippen LogP contribution is -2.15. The number of benzene rings is 1. The molecule has 100 valence electrons. The maximum absolute atomic E-state index is 12.4. The second-order valence-electron chi connectivity index (χ2n) is 4.13. The van der Waals surface area contributed by atoms with Crippen LogP contribution in [-0.4, -0.2) is 9.97 Å². The van der Waals surface area contributed by atoms with Crippen LogP contribution in [0.15, 0.2) is 36.5 Å². The minimum atomic E-state index is -4.34. The summed E-state index contributed by atoms with van der Waals surface area (Å²) >= 11 is 0. The van der Waals surface area contributed by atoms with E-state index in [4.69, 9.17) is 5.73 Å². The maximum Gasteiger partial charge on any atom is 0.416 e. The molecule has 2 aromatic rings. The summed E-state index contributed by atoms with van der Waals surface area (Å²) in [6.45, 7) is 1.73. The van der Waals surface area contributed by atoms with Gasteiger partial charge >= 0.3 is 6.18 Å². The molecule has 1 atom stereocenters. The number of aryl methyl sites for hydroxylation is 1. The predicted octanol–water partition coefficient (Wildman–Crippen LogP) is 2.85. The Morgan fingerprint density at radius 1 is 1.11 bits per heavy atom. The molecule has 0 bridgehead atoms. The first-order valence-corrected chi connectivity index (χ1v) is 5.60. The molecule has 2 N–H and O–H groups in total. The van der Waals surface area contributed by atoms with Gasteiger partial charge in [0.2, 0.25) is 0 Å². The molecule has 0 aliphatic heterocycles. The van der Waals surface area contributed by atoms with Crippen LogP contribution < -0.4 is 5.73 Å². The molecule has 6 heteroatoms. The van der Waals surface area contributed by atoms with Gasteiger partial charge in [0, 0.05) is 6.20 Å². The minimum Gasteiger partial charge on any atom is -0.319 e. The molecule has 0 radical (unpaired) electrons. The van der Waals surface area contributed by atoms with Crippen LogP contribution in [0.4, 0.5) is 13.2 Å². The van der Waals surface area contributed by atoms with E-state index in [0.29, 0.717) is 17.1 Å². The molecule has 19 heavy (non-hydrogen) atoms. The predicted molar refractivity (Wildman–Crippen MR) is 64.2 cm³/mol. The van der Waals surface area contributed by atoms with Gasteiger partial charge in [-0.3, -0.25) is 0 Å². The van der Waals surface area contributed by atoms with Crippen LogP contribution in [-0.2, 0) is 6.18 Å². The van der Waals surface area contributed by atoms with Gasteiger partial charge in [-0.2, -0.15) is 13.2 Å². The molecule has 1 unspecified atom stereocenters. The molecule has 0 amide bonds. The van der Waals surface area contributed by atoms with Gasteiger partial charge in [0.1, 0.15) is 5.82 Å². The summed E-state index contributed by atoms with van der Waals surface area (Å²) in [6, 6.07) is 5.85. The number of halogens is 3. The van der Waals surface area contributed by atoms with E-state index in [1.807, 2.05) is 0 Å². The zero-order chi connectivity index (χ0) is 14.0. The van der Waals surface area contributed by atoms with Gasteiger partial charge < -0.3 is 5.73 Å². The van der Waals surface area contributed by atoms with Crippen LogP contribution in [0, 0.1) is 6.92 Å². The highest BCUT2D eigenvalue weighted by Crippen LogP contribution is 2.30. The van der Waals surface area contributed by atoms with E-state index in [9.17, 15) is 13.2 Å². The molecule has 1 aromatic heterocycles. The second kappa shape index (κ2) is 4.97. The molecule has 0 saturated heterocycles. The SMILES string of the molecule is Cc1nccc(C(N)c2ccc(C(F)(F)F)cc2)n1. The van der Waals surface area contributed by atoms with E-state index in [1.54, 1.807) is 19.2 Å². The monoisotopic (exact) mass is 267 g/mol. The Balaban J connectivity index is 2.27. The smallest absolute Gasteiger partial charge is 0.319 e. The largest absolute Gasteiger partial charge is 0.416 e. The van der Waals surface area contributed by atoms with Gasteiger partial charge in [-0.05, 0) is 30.7 Å². The first-order chi connectivity index (χ1) is 8.88. The quantitative estimate of drug-likeness (QED) is 0.910. The molecule has 0 fully saturated rings. The van der Waals surface area contributed by atoms with Gasteiger partial charge in [0.15, 0.2) is 0 Å². The van der Waals surface area contributed by atoms with E-state index < -0.39 is 17.8 Å². The van der Waals surface area contributed by atoms with Gasteiger partial charge in [-0.25, -0.2) is 9.97 Å². The molecular weight excluding hydrogens is 255 g/mol. The highest BCUT2D eigenvalue weighted by atomic mass is 19.4. The van der Waals surface area contributed by atoms with E-state index in [1.165, 1.54) is 12.1 Å². The molecule has 0 aliphatic carbocycles. The summed E-state index contributed by atoms with van der Waals surface area (Å²) < 4.78 is 37.3. The van der Waals surface area contributed by atoms with Crippen molar-refractivity contribution < 1.29 is 13.2 Å². The van der Waals surface area contributed by atoms with Crippen LogP contribution in [0.5, 0.6) is 0 Å². The van der Waals surface area contributed by atoms with Crippen molar-refractivity contribution >= 4 is 0 Å². The zero-order valence-corrected chi connectivity index (χ0v) is 10.1. The number of hydrogen-bond acceptors (Lipinski definition) is 3. The van der Waals surface area contributed by atoms with Gasteiger partial charge in [0.05, 0.1) is 17.3 Å². The fourth-order valence-corrected chi connectivity index (χ4v) is 1.70. The topological polar surface area (TPSA) is 51.8 Å². The van der Waals surface area contributed by atoms with Gasteiger partial charge in [0.25, 0.3) is 0 Å². The molecule has 3 nitrogen and oxygen atoms in total. The van der Waals surface area contributed by atoms with Crippen LogP contribution in [0.25, 0.3) is 0 Å². The molecule has 0 aliphatic rings. The fraction of sp³-hybridized carbons (Fsp3) is 0.231. The molecule has 0 saturated carbocycles. The standard InChI is InChI=1S/C13H12F3N3/c1-8-18-7-6-11(19-8)12(17)9-2-4-10(5-3-9)13(14,15)16/h2-7,12H,17H2,1H3. The third-order valence-electron chi connectivity index (χ3n) is 2.71. The van der Waals surface area contributed by atoms with Crippen LogP contribution in [0.3, 0.4) is 0 Å². The average Bonchev–Trinajstić information content (AvgIpc) is 2.37. The Bertz CT molecular complexity index is 564. The van der Waals surface area contributed by atoms with Crippen molar-refractivity contribution in [3.05, 3.63) is 59.2 Å². The highest BCUT2D eigenvalue weighted by molar-refractivity contribution is 5.31. The Hall–Kier alpha value is -1.95. The molecule has 1 aromatic carbocycles. The number of aromatic nitrogens is 2. The van der Waals surface area contributed by atoms with Crippen LogP contribution >= 0.6 is 0 Å². The lowest BCUT2D eigenvalue weighted by Gasteiger charge is -2.13. The van der Waals surface area contributed by atoms with Crippen molar-refractivity contribution in [2.45, 2.75) is 19.1 Å². The summed E-state index contributed by atoms with van der Waals surface area (Å²) in [4.78, 5) is 8.11. The number of hydrogen-bond donors (Lipinski definition) is 1. The summed E-state index contributed by atoms with van der Waals surface area (Å²) in [7, 11) is 0. The van der Waals surface area contributed by atoms with Crippen molar-refractivity contribution in [3.63, 3.8) is 0 Å². The third-order valence-corrected chi connectivity index (χ3v) is 2.71. The summed E-state index contributed by atoms with van der Waals surface area (Å²) in [6.07, 6.45) is -2.77. The van der Waals surface area contributed by atoms with Crippen LogP contribution in [0.2, 0.25) is 0 Å². The first-order valence-electron chi connectivity index (χ1n) is 5.60. The zero-order valence-electron chi connectivity index (χ0n) is 10.1. The Kier molecular flexibility index (Phi) is 3.53. The summed E-state index contributed by atoms with van der Waals surface area (Å²) in [5, 5.41) is 0. The van der Waals surface area contributed by atoms with E-state index >= 15 is 0 Å². The second-order valence-corrected chi connectivity index (χ2v) is 4.13. The normalized spacial score (nSPS) is 13.3. The molecule has 2 rings (SSSR count). The van der Waals surface area contributed by atoms with Crippen molar-refractivity contribution in [3.8, 4) is 0 Å². The van der Waals surface area contributed by atoms with Gasteiger partial charge in [-0.15, -0.1) is 0 Å². The first kappa shape index (κ1) is 13.5. The Morgan fingerprint density at radius 2 is 1.74 bits per heavy atom. The third kappa shape index (κ3) is 3.08. The number of nitrogens with zero attached hydrogens (tertiary/aromatic N) is 2. The van der Waals surface area contributed by atoms with Crippen molar-refractivity contribution in [2.75, 3.05) is 0 Å². The summed E-state index contributed by atoms with van der Waals surface area (Å²) in [5.41, 5.74) is 6.43. The van der Waals surface area contributed by atoms with Crippen LogP contribution in [0.1, 0.15) is 28.7 Å².